The van der Waals surface area contributed by atoms with Crippen molar-refractivity contribution in [3.8, 4) is 17.2 Å². The standard InChI is InChI=1S/C21H21N3/c1-4-14(3)20-17(5-2)19(16-10-8-15(13-22)9-11-16)21-18(24-20)7-6-12-23-21/h6-12,14H,4-5H2,1-3H3. The summed E-state index contributed by atoms with van der Waals surface area (Å²) in [6.45, 7) is 6.59. The molecule has 120 valence electrons. The van der Waals surface area contributed by atoms with E-state index >= 15 is 0 Å². The SMILES string of the molecule is CCc1c(C(C)CC)nc2cccnc2c1-c1ccc(C#N)cc1. The van der Waals surface area contributed by atoms with Crippen molar-refractivity contribution < 1.29 is 0 Å². The summed E-state index contributed by atoms with van der Waals surface area (Å²) in [5, 5.41) is 9.05. The normalized spacial score (nSPS) is 12.1. The third-order valence-corrected chi connectivity index (χ3v) is 4.61. The molecule has 1 unspecified atom stereocenters. The maximum Gasteiger partial charge on any atom is 0.0991 e. The number of pyridine rings is 2. The molecular formula is C21H21N3. The van der Waals surface area contributed by atoms with E-state index in [2.05, 4.69) is 31.8 Å². The molecular weight excluding hydrogens is 294 g/mol. The molecule has 0 saturated carbocycles. The zero-order chi connectivity index (χ0) is 17.1. The molecule has 24 heavy (non-hydrogen) atoms. The van der Waals surface area contributed by atoms with Crippen molar-refractivity contribution >= 4 is 11.0 Å². The molecule has 0 spiro atoms. The number of hydrogen-bond acceptors (Lipinski definition) is 3. The van der Waals surface area contributed by atoms with Crippen LogP contribution in [0, 0.1) is 11.3 Å². The molecule has 1 aromatic carbocycles. The van der Waals surface area contributed by atoms with E-state index in [0.29, 0.717) is 11.5 Å². The van der Waals surface area contributed by atoms with E-state index in [0.717, 1.165) is 35.0 Å². The van der Waals surface area contributed by atoms with E-state index in [1.807, 2.05) is 42.6 Å². The van der Waals surface area contributed by atoms with Crippen LogP contribution in [-0.4, -0.2) is 9.97 Å². The van der Waals surface area contributed by atoms with Gasteiger partial charge in [0.1, 0.15) is 0 Å². The van der Waals surface area contributed by atoms with Crippen LogP contribution in [0.5, 0.6) is 0 Å². The van der Waals surface area contributed by atoms with Crippen molar-refractivity contribution in [1.29, 1.82) is 5.26 Å². The van der Waals surface area contributed by atoms with Crippen LogP contribution >= 0.6 is 0 Å². The van der Waals surface area contributed by atoms with Crippen molar-refractivity contribution in [3.05, 3.63) is 59.4 Å². The summed E-state index contributed by atoms with van der Waals surface area (Å²) >= 11 is 0. The Morgan fingerprint density at radius 1 is 1.12 bits per heavy atom. The summed E-state index contributed by atoms with van der Waals surface area (Å²) in [4.78, 5) is 9.53. The van der Waals surface area contributed by atoms with E-state index in [4.69, 9.17) is 10.2 Å². The van der Waals surface area contributed by atoms with Crippen LogP contribution in [0.25, 0.3) is 22.2 Å². The van der Waals surface area contributed by atoms with Gasteiger partial charge in [-0.3, -0.25) is 9.97 Å². The van der Waals surface area contributed by atoms with Crippen LogP contribution < -0.4 is 0 Å². The second-order valence-electron chi connectivity index (χ2n) is 6.07. The van der Waals surface area contributed by atoms with E-state index in [1.165, 1.54) is 11.3 Å². The minimum atomic E-state index is 0.404. The molecule has 0 radical (unpaired) electrons. The number of nitriles is 1. The first-order valence-electron chi connectivity index (χ1n) is 8.47. The molecule has 3 nitrogen and oxygen atoms in total. The van der Waals surface area contributed by atoms with Gasteiger partial charge in [-0.15, -0.1) is 0 Å². The molecule has 0 saturated heterocycles. The van der Waals surface area contributed by atoms with Gasteiger partial charge in [0.2, 0.25) is 0 Å². The van der Waals surface area contributed by atoms with Crippen molar-refractivity contribution in [2.45, 2.75) is 39.5 Å². The maximum atomic E-state index is 9.05. The van der Waals surface area contributed by atoms with Gasteiger partial charge >= 0.3 is 0 Å². The van der Waals surface area contributed by atoms with E-state index in [9.17, 15) is 0 Å². The van der Waals surface area contributed by atoms with Gasteiger partial charge in [-0.1, -0.05) is 32.9 Å². The maximum absolute atomic E-state index is 9.05. The monoisotopic (exact) mass is 315 g/mol. The molecule has 2 aromatic heterocycles. The minimum absolute atomic E-state index is 0.404. The number of rotatable bonds is 4. The average Bonchev–Trinajstić information content (AvgIpc) is 2.65. The third kappa shape index (κ3) is 2.76. The van der Waals surface area contributed by atoms with Crippen LogP contribution in [0.3, 0.4) is 0 Å². The van der Waals surface area contributed by atoms with Crippen LogP contribution in [-0.2, 0) is 6.42 Å². The van der Waals surface area contributed by atoms with Crippen molar-refractivity contribution in [3.63, 3.8) is 0 Å². The van der Waals surface area contributed by atoms with Crippen LogP contribution in [0.1, 0.15) is 49.9 Å². The predicted octanol–water partition coefficient (Wildman–Crippen LogP) is 5.24. The Morgan fingerprint density at radius 2 is 1.88 bits per heavy atom. The lowest BCUT2D eigenvalue weighted by Crippen LogP contribution is -2.05. The first-order valence-corrected chi connectivity index (χ1v) is 8.47. The summed E-state index contributed by atoms with van der Waals surface area (Å²) in [6.07, 6.45) is 3.78. The lowest BCUT2D eigenvalue weighted by molar-refractivity contribution is 0.701. The number of hydrogen-bond donors (Lipinski definition) is 0. The zero-order valence-corrected chi connectivity index (χ0v) is 14.4. The van der Waals surface area contributed by atoms with Crippen LogP contribution in [0.4, 0.5) is 0 Å². The molecule has 1 atom stereocenters. The summed E-state index contributed by atoms with van der Waals surface area (Å²) in [7, 11) is 0. The molecule has 2 heterocycles. The average molecular weight is 315 g/mol. The van der Waals surface area contributed by atoms with E-state index < -0.39 is 0 Å². The fraction of sp³-hybridized carbons (Fsp3) is 0.286. The molecule has 3 rings (SSSR count). The Balaban J connectivity index is 2.36. The molecule has 3 aromatic rings. The second kappa shape index (κ2) is 6.80. The van der Waals surface area contributed by atoms with Gasteiger partial charge in [0.05, 0.1) is 22.7 Å². The van der Waals surface area contributed by atoms with E-state index in [-0.39, 0.29) is 0 Å². The topological polar surface area (TPSA) is 49.6 Å². The molecule has 0 amide bonds. The fourth-order valence-electron chi connectivity index (χ4n) is 3.13. The molecule has 3 heteroatoms. The minimum Gasteiger partial charge on any atom is -0.254 e. The van der Waals surface area contributed by atoms with Crippen LogP contribution in [0.15, 0.2) is 42.6 Å². The summed E-state index contributed by atoms with van der Waals surface area (Å²) < 4.78 is 0. The molecule has 0 aliphatic rings. The first-order chi connectivity index (χ1) is 11.7. The first kappa shape index (κ1) is 16.1. The molecule has 0 aliphatic heterocycles. The van der Waals surface area contributed by atoms with Crippen molar-refractivity contribution in [2.24, 2.45) is 0 Å². The molecule has 0 bridgehead atoms. The zero-order valence-electron chi connectivity index (χ0n) is 14.4. The highest BCUT2D eigenvalue weighted by atomic mass is 14.8. The Hall–Kier alpha value is -2.73. The Kier molecular flexibility index (Phi) is 4.57. The van der Waals surface area contributed by atoms with Gasteiger partial charge in [0, 0.05) is 17.5 Å². The highest BCUT2D eigenvalue weighted by Gasteiger charge is 2.19. The molecule has 0 fully saturated rings. The van der Waals surface area contributed by atoms with Crippen LogP contribution in [0.2, 0.25) is 0 Å². The number of fused-ring (bicyclic) bond motifs is 1. The highest BCUT2D eigenvalue weighted by Crippen LogP contribution is 2.35. The fourth-order valence-corrected chi connectivity index (χ4v) is 3.13. The van der Waals surface area contributed by atoms with Gasteiger partial charge < -0.3 is 0 Å². The van der Waals surface area contributed by atoms with Gasteiger partial charge in [0.25, 0.3) is 0 Å². The summed E-state index contributed by atoms with van der Waals surface area (Å²) in [5.74, 6) is 0.404. The number of aromatic nitrogens is 2. The summed E-state index contributed by atoms with van der Waals surface area (Å²) in [5.41, 5.74) is 7.23. The lowest BCUT2D eigenvalue weighted by Gasteiger charge is -2.19. The summed E-state index contributed by atoms with van der Waals surface area (Å²) in [6, 6.07) is 13.9. The van der Waals surface area contributed by atoms with Gasteiger partial charge in [-0.05, 0) is 54.2 Å². The number of benzene rings is 1. The van der Waals surface area contributed by atoms with Crippen molar-refractivity contribution in [1.82, 2.24) is 9.97 Å². The number of nitrogens with zero attached hydrogens (tertiary/aromatic N) is 3. The predicted molar refractivity (Wildman–Crippen MR) is 97.8 cm³/mol. The smallest absolute Gasteiger partial charge is 0.0991 e. The largest absolute Gasteiger partial charge is 0.254 e. The third-order valence-electron chi connectivity index (χ3n) is 4.61. The molecule has 0 aliphatic carbocycles. The molecule has 0 N–H and O–H groups in total. The van der Waals surface area contributed by atoms with Gasteiger partial charge in [-0.2, -0.15) is 5.26 Å². The highest BCUT2D eigenvalue weighted by molar-refractivity contribution is 5.93. The quantitative estimate of drug-likeness (QED) is 0.661. The van der Waals surface area contributed by atoms with Crippen molar-refractivity contribution in [2.75, 3.05) is 0 Å². The van der Waals surface area contributed by atoms with Gasteiger partial charge in [0.15, 0.2) is 0 Å². The Bertz CT molecular complexity index is 905. The van der Waals surface area contributed by atoms with E-state index in [1.54, 1.807) is 0 Å². The lowest BCUT2D eigenvalue weighted by atomic mass is 9.90. The second-order valence-corrected chi connectivity index (χ2v) is 6.07. The Labute approximate surface area is 143 Å². The van der Waals surface area contributed by atoms with Gasteiger partial charge in [-0.25, -0.2) is 0 Å². The Morgan fingerprint density at radius 3 is 2.50 bits per heavy atom.